The van der Waals surface area contributed by atoms with Crippen molar-refractivity contribution in [3.05, 3.63) is 103 Å². The van der Waals surface area contributed by atoms with Crippen LogP contribution in [0.4, 0.5) is 0 Å². The molecule has 0 saturated heterocycles. The lowest BCUT2D eigenvalue weighted by atomic mass is 9.78. The Morgan fingerprint density at radius 1 is 0.444 bits per heavy atom. The van der Waals surface area contributed by atoms with Crippen LogP contribution in [-0.4, -0.2) is 17.2 Å². The predicted octanol–water partition coefficient (Wildman–Crippen LogP) is 4.37. The Balaban J connectivity index is 1.90. The van der Waals surface area contributed by atoms with Gasteiger partial charge in [0.05, 0.1) is 0 Å². The van der Waals surface area contributed by atoms with Crippen LogP contribution in [0.15, 0.2) is 103 Å². The zero-order valence-corrected chi connectivity index (χ0v) is 14.8. The zero-order valence-electron chi connectivity index (χ0n) is 14.8. The van der Waals surface area contributed by atoms with Crippen molar-refractivity contribution in [3.63, 3.8) is 0 Å². The third-order valence-corrected chi connectivity index (χ3v) is 4.72. The van der Waals surface area contributed by atoms with Crippen LogP contribution in [-0.2, 0) is 0 Å². The Labute approximate surface area is 159 Å². The van der Waals surface area contributed by atoms with Crippen LogP contribution in [0, 0.1) is 0 Å². The largest absolute Gasteiger partial charge is 0.488 e. The molecule has 130 valence electrons. The van der Waals surface area contributed by atoms with Gasteiger partial charge in [-0.15, -0.1) is 0 Å². The second-order valence-electron chi connectivity index (χ2n) is 6.46. The van der Waals surface area contributed by atoms with Crippen molar-refractivity contribution in [2.24, 2.45) is 0 Å². The molecule has 0 aliphatic rings. The highest BCUT2D eigenvalue weighted by Gasteiger charge is 2.15. The number of hydrogen-bond donors (Lipinski definition) is 2. The molecule has 0 fully saturated rings. The Hall–Kier alpha value is -3.14. The highest BCUT2D eigenvalue weighted by molar-refractivity contribution is 6.58. The van der Waals surface area contributed by atoms with Gasteiger partial charge in [0.25, 0.3) is 0 Å². The van der Waals surface area contributed by atoms with Crippen LogP contribution in [0.5, 0.6) is 0 Å². The van der Waals surface area contributed by atoms with Gasteiger partial charge < -0.3 is 10.0 Å². The summed E-state index contributed by atoms with van der Waals surface area (Å²) in [5.74, 6) is 0. The summed E-state index contributed by atoms with van der Waals surface area (Å²) in [6, 6.07) is 34.3. The lowest BCUT2D eigenvalue weighted by molar-refractivity contribution is 0.426. The highest BCUT2D eigenvalue weighted by Crippen LogP contribution is 2.37. The van der Waals surface area contributed by atoms with Crippen LogP contribution in [0.1, 0.15) is 0 Å². The fourth-order valence-corrected chi connectivity index (χ4v) is 3.42. The van der Waals surface area contributed by atoms with Crippen molar-refractivity contribution in [3.8, 4) is 33.4 Å². The second kappa shape index (κ2) is 7.62. The Kier molecular flexibility index (Phi) is 4.88. The van der Waals surface area contributed by atoms with Crippen LogP contribution in [0.25, 0.3) is 33.4 Å². The Morgan fingerprint density at radius 2 is 0.926 bits per heavy atom. The van der Waals surface area contributed by atoms with Crippen LogP contribution in [0.3, 0.4) is 0 Å². The molecular formula is C24H19BO2. The van der Waals surface area contributed by atoms with Crippen molar-refractivity contribution in [2.45, 2.75) is 0 Å². The molecule has 0 amide bonds. The van der Waals surface area contributed by atoms with Gasteiger partial charge in [0, 0.05) is 0 Å². The van der Waals surface area contributed by atoms with E-state index >= 15 is 0 Å². The van der Waals surface area contributed by atoms with Crippen molar-refractivity contribution < 1.29 is 10.0 Å². The maximum absolute atomic E-state index is 9.53. The summed E-state index contributed by atoms with van der Waals surface area (Å²) in [4.78, 5) is 0. The van der Waals surface area contributed by atoms with E-state index in [1.54, 1.807) is 6.07 Å². The number of rotatable bonds is 4. The van der Waals surface area contributed by atoms with E-state index < -0.39 is 7.12 Å². The van der Waals surface area contributed by atoms with Gasteiger partial charge in [0.15, 0.2) is 0 Å². The van der Waals surface area contributed by atoms with E-state index in [0.717, 1.165) is 22.3 Å². The first-order valence-electron chi connectivity index (χ1n) is 8.94. The van der Waals surface area contributed by atoms with Gasteiger partial charge >= 0.3 is 7.12 Å². The van der Waals surface area contributed by atoms with Gasteiger partial charge in [0.2, 0.25) is 0 Å². The van der Waals surface area contributed by atoms with E-state index in [1.165, 1.54) is 11.1 Å². The fourth-order valence-electron chi connectivity index (χ4n) is 3.42. The van der Waals surface area contributed by atoms with Crippen molar-refractivity contribution in [2.75, 3.05) is 0 Å². The molecule has 0 aliphatic heterocycles. The minimum Gasteiger partial charge on any atom is -0.423 e. The van der Waals surface area contributed by atoms with Gasteiger partial charge in [0.1, 0.15) is 0 Å². The summed E-state index contributed by atoms with van der Waals surface area (Å²) in [5.41, 5.74) is 7.10. The second-order valence-corrected chi connectivity index (χ2v) is 6.46. The predicted molar refractivity (Wildman–Crippen MR) is 113 cm³/mol. The average Bonchev–Trinajstić information content (AvgIpc) is 2.74. The zero-order chi connectivity index (χ0) is 18.6. The smallest absolute Gasteiger partial charge is 0.423 e. The Morgan fingerprint density at radius 3 is 1.52 bits per heavy atom. The van der Waals surface area contributed by atoms with E-state index in [-0.39, 0.29) is 0 Å². The summed E-state index contributed by atoms with van der Waals surface area (Å²) in [7, 11) is -1.48. The lowest BCUT2D eigenvalue weighted by Gasteiger charge is -2.15. The monoisotopic (exact) mass is 350 g/mol. The van der Waals surface area contributed by atoms with Gasteiger partial charge in [-0.05, 0) is 38.8 Å². The molecule has 0 aromatic heterocycles. The average molecular weight is 350 g/mol. The summed E-state index contributed by atoms with van der Waals surface area (Å²) in [5, 5.41) is 19.1. The van der Waals surface area contributed by atoms with Crippen LogP contribution < -0.4 is 5.46 Å². The summed E-state index contributed by atoms with van der Waals surface area (Å²) >= 11 is 0. The third kappa shape index (κ3) is 3.56. The Bertz CT molecular complexity index is 1060. The third-order valence-electron chi connectivity index (χ3n) is 4.72. The molecule has 2 N–H and O–H groups in total. The standard InChI is InChI=1S/C24H19BO2/c26-25(27)20-12-8-11-19(17-20)22-14-5-7-16-24(22)23-15-6-4-13-21(23)18-9-2-1-3-10-18/h1-17,26-27H. The normalized spacial score (nSPS) is 10.6. The molecule has 0 radical (unpaired) electrons. The summed E-state index contributed by atoms with van der Waals surface area (Å²) in [6.45, 7) is 0. The molecular weight excluding hydrogens is 331 g/mol. The molecule has 4 aromatic rings. The molecule has 0 unspecified atom stereocenters. The molecule has 2 nitrogen and oxygen atoms in total. The molecule has 4 rings (SSSR count). The molecule has 27 heavy (non-hydrogen) atoms. The van der Waals surface area contributed by atoms with Crippen molar-refractivity contribution in [1.82, 2.24) is 0 Å². The van der Waals surface area contributed by atoms with Gasteiger partial charge in [-0.25, -0.2) is 0 Å². The van der Waals surface area contributed by atoms with E-state index in [0.29, 0.717) is 5.46 Å². The SMILES string of the molecule is OB(O)c1cccc(-c2ccccc2-c2ccccc2-c2ccccc2)c1. The molecule has 4 aromatic carbocycles. The molecule has 0 saturated carbocycles. The maximum atomic E-state index is 9.53. The van der Waals surface area contributed by atoms with E-state index in [1.807, 2.05) is 54.6 Å². The minimum atomic E-state index is -1.48. The van der Waals surface area contributed by atoms with Crippen molar-refractivity contribution >= 4 is 12.6 Å². The quantitative estimate of drug-likeness (QED) is 0.537. The van der Waals surface area contributed by atoms with E-state index in [2.05, 4.69) is 42.5 Å². The minimum absolute atomic E-state index is 0.485. The first kappa shape index (κ1) is 17.3. The molecule has 3 heteroatoms. The first-order chi connectivity index (χ1) is 13.2. The topological polar surface area (TPSA) is 40.5 Å². The first-order valence-corrected chi connectivity index (χ1v) is 8.94. The van der Waals surface area contributed by atoms with Crippen molar-refractivity contribution in [1.29, 1.82) is 0 Å². The molecule has 0 atom stereocenters. The van der Waals surface area contributed by atoms with Gasteiger partial charge in [-0.2, -0.15) is 0 Å². The maximum Gasteiger partial charge on any atom is 0.488 e. The number of benzene rings is 4. The molecule has 0 aliphatic carbocycles. The van der Waals surface area contributed by atoms with Gasteiger partial charge in [-0.3, -0.25) is 0 Å². The van der Waals surface area contributed by atoms with Crippen LogP contribution >= 0.6 is 0 Å². The van der Waals surface area contributed by atoms with E-state index in [4.69, 9.17) is 0 Å². The summed E-state index contributed by atoms with van der Waals surface area (Å²) in [6.07, 6.45) is 0. The van der Waals surface area contributed by atoms with Crippen LogP contribution in [0.2, 0.25) is 0 Å². The van der Waals surface area contributed by atoms with Gasteiger partial charge in [-0.1, -0.05) is 103 Å². The van der Waals surface area contributed by atoms with E-state index in [9.17, 15) is 10.0 Å². The number of hydrogen-bond acceptors (Lipinski definition) is 2. The fraction of sp³-hybridized carbons (Fsp3) is 0. The molecule has 0 heterocycles. The molecule has 0 spiro atoms. The lowest BCUT2D eigenvalue weighted by Crippen LogP contribution is -2.29. The molecule has 0 bridgehead atoms. The highest BCUT2D eigenvalue weighted by atomic mass is 16.4. The summed E-state index contributed by atoms with van der Waals surface area (Å²) < 4.78 is 0.